The molecule has 1 amide bonds. The molecule has 3 heterocycles. The van der Waals surface area contributed by atoms with Crippen molar-refractivity contribution >= 4 is 33.0 Å². The topological polar surface area (TPSA) is 129 Å². The molecule has 0 bridgehead atoms. The molecule has 2 saturated carbocycles. The number of aromatic nitrogens is 2. The Morgan fingerprint density at radius 3 is 2.62 bits per heavy atom. The number of oxazole rings is 1. The Hall–Kier alpha value is -3.42. The van der Waals surface area contributed by atoms with Gasteiger partial charge in [-0.2, -0.15) is 5.26 Å². The number of hydrogen-bond acceptors (Lipinski definition) is 8. The Morgan fingerprint density at radius 2 is 1.90 bits per heavy atom. The zero-order valence-electron chi connectivity index (χ0n) is 22.0. The second-order valence-electron chi connectivity index (χ2n) is 11.0. The van der Waals surface area contributed by atoms with E-state index in [4.69, 9.17) is 21.0 Å². The highest BCUT2D eigenvalue weighted by Crippen LogP contribution is 2.46. The molecular formula is C29H30ClN5O4S. The van der Waals surface area contributed by atoms with Crippen LogP contribution in [-0.4, -0.2) is 54.4 Å². The molecule has 2 atom stereocenters. The third kappa shape index (κ3) is 5.32. The average Bonchev–Trinajstić information content (AvgIpc) is 3.59. The van der Waals surface area contributed by atoms with Gasteiger partial charge in [0.1, 0.15) is 17.0 Å². The lowest BCUT2D eigenvalue weighted by Gasteiger charge is -2.32. The van der Waals surface area contributed by atoms with Gasteiger partial charge in [0.2, 0.25) is 11.8 Å². The van der Waals surface area contributed by atoms with Gasteiger partial charge in [-0.15, -0.1) is 0 Å². The van der Waals surface area contributed by atoms with Crippen LogP contribution in [-0.2, 0) is 14.6 Å². The minimum absolute atomic E-state index is 0.0952. The van der Waals surface area contributed by atoms with E-state index >= 15 is 0 Å². The van der Waals surface area contributed by atoms with Gasteiger partial charge in [0.15, 0.2) is 9.84 Å². The van der Waals surface area contributed by atoms with E-state index in [9.17, 15) is 18.5 Å². The van der Waals surface area contributed by atoms with Crippen LogP contribution in [0.3, 0.4) is 0 Å². The van der Waals surface area contributed by atoms with Gasteiger partial charge in [-0.3, -0.25) is 9.78 Å². The lowest BCUT2D eigenvalue weighted by Crippen LogP contribution is -2.42. The monoisotopic (exact) mass is 579 g/mol. The Balaban J connectivity index is 1.44. The number of para-hydroxylation sites is 1. The fraction of sp³-hybridized carbons (Fsp3) is 0.448. The molecule has 40 heavy (non-hydrogen) atoms. The maximum atomic E-state index is 13.5. The molecule has 0 unspecified atom stereocenters. The maximum absolute atomic E-state index is 13.5. The molecule has 208 valence electrons. The summed E-state index contributed by atoms with van der Waals surface area (Å²) >= 11 is 6.24. The maximum Gasteiger partial charge on any atom is 0.228 e. The number of halogens is 1. The van der Waals surface area contributed by atoms with Crippen LogP contribution in [0.2, 0.25) is 5.02 Å². The van der Waals surface area contributed by atoms with Crippen molar-refractivity contribution in [1.29, 1.82) is 5.26 Å². The summed E-state index contributed by atoms with van der Waals surface area (Å²) in [7, 11) is -3.05. The molecule has 11 heteroatoms. The summed E-state index contributed by atoms with van der Waals surface area (Å²) < 4.78 is 30.8. The Bertz CT molecular complexity index is 1580. The van der Waals surface area contributed by atoms with E-state index < -0.39 is 15.4 Å². The van der Waals surface area contributed by atoms with Crippen LogP contribution >= 0.6 is 11.6 Å². The van der Waals surface area contributed by atoms with E-state index in [1.54, 1.807) is 18.5 Å². The van der Waals surface area contributed by atoms with Crippen molar-refractivity contribution < 1.29 is 17.6 Å². The number of rotatable bonds is 6. The first kappa shape index (κ1) is 26.8. The van der Waals surface area contributed by atoms with Gasteiger partial charge >= 0.3 is 0 Å². The summed E-state index contributed by atoms with van der Waals surface area (Å²) in [4.78, 5) is 24.7. The summed E-state index contributed by atoms with van der Waals surface area (Å²) in [5.41, 5.74) is 2.20. The fourth-order valence-corrected chi connectivity index (χ4v) is 7.18. The third-order valence-corrected chi connectivity index (χ3v) is 10.0. The molecule has 2 aliphatic carbocycles. The SMILES string of the molecule is N#CC1(NC(=O)[C@@H]2CCCC[C@H]2c2oc(-c3cncc(Cl)c3)nc2-c2ccccc2N2CCS(=O)(=O)CC2)CC1. The number of nitrogens with one attached hydrogen (secondary N) is 1. The van der Waals surface area contributed by atoms with Gasteiger partial charge in [-0.05, 0) is 37.8 Å². The number of nitrogens with zero attached hydrogens (tertiary/aromatic N) is 4. The van der Waals surface area contributed by atoms with Crippen molar-refractivity contribution in [2.24, 2.45) is 5.92 Å². The van der Waals surface area contributed by atoms with E-state index in [1.807, 2.05) is 24.3 Å². The third-order valence-electron chi connectivity index (χ3n) is 8.22. The summed E-state index contributed by atoms with van der Waals surface area (Å²) in [6.07, 6.45) is 7.83. The van der Waals surface area contributed by atoms with E-state index in [-0.39, 0.29) is 29.2 Å². The van der Waals surface area contributed by atoms with Crippen LogP contribution in [0.25, 0.3) is 22.7 Å². The standard InChI is InChI=1S/C29H30ClN5O4S/c30-20-15-19(16-32-17-20)28-33-25(23-7-3-4-8-24(23)35-11-13-40(37,38)14-12-35)26(39-28)21-5-1-2-6-22(21)27(36)34-29(18-31)9-10-29/h3-4,7-8,15-17,21-22H,1-2,5-6,9-14H2,(H,34,36)/t21-,22-/m1/s1. The van der Waals surface area contributed by atoms with Crippen molar-refractivity contribution in [3.63, 3.8) is 0 Å². The lowest BCUT2D eigenvalue weighted by molar-refractivity contribution is -0.127. The fourth-order valence-electron chi connectivity index (χ4n) is 5.81. The van der Waals surface area contributed by atoms with Gasteiger partial charge in [0.05, 0.1) is 28.2 Å². The molecule has 3 fully saturated rings. The van der Waals surface area contributed by atoms with Gasteiger partial charge in [-0.1, -0.05) is 42.6 Å². The average molecular weight is 580 g/mol. The van der Waals surface area contributed by atoms with Gasteiger partial charge < -0.3 is 14.6 Å². The Kier molecular flexibility index (Phi) is 7.05. The van der Waals surface area contributed by atoms with Crippen molar-refractivity contribution in [3.8, 4) is 28.8 Å². The highest BCUT2D eigenvalue weighted by molar-refractivity contribution is 7.91. The first-order valence-electron chi connectivity index (χ1n) is 13.7. The zero-order valence-corrected chi connectivity index (χ0v) is 23.5. The molecule has 2 aromatic heterocycles. The summed E-state index contributed by atoms with van der Waals surface area (Å²) in [5, 5.41) is 13.0. The second kappa shape index (κ2) is 10.5. The Morgan fingerprint density at radius 1 is 1.15 bits per heavy atom. The summed E-state index contributed by atoms with van der Waals surface area (Å²) in [6, 6.07) is 11.8. The van der Waals surface area contributed by atoms with Gasteiger partial charge in [0.25, 0.3) is 0 Å². The lowest BCUT2D eigenvalue weighted by atomic mass is 9.76. The molecule has 1 saturated heterocycles. The van der Waals surface area contributed by atoms with Crippen molar-refractivity contribution in [2.45, 2.75) is 50.0 Å². The van der Waals surface area contributed by atoms with Gasteiger partial charge in [0, 0.05) is 48.6 Å². The number of amides is 1. The van der Waals surface area contributed by atoms with Crippen LogP contribution in [0.5, 0.6) is 0 Å². The molecule has 3 aliphatic rings. The molecule has 3 aromatic rings. The minimum Gasteiger partial charge on any atom is -0.440 e. The number of carbonyl (C=O) groups excluding carboxylic acids is 1. The number of hydrogen-bond donors (Lipinski definition) is 1. The largest absolute Gasteiger partial charge is 0.440 e. The first-order chi connectivity index (χ1) is 19.3. The number of anilines is 1. The predicted octanol–water partition coefficient (Wildman–Crippen LogP) is 4.74. The van der Waals surface area contributed by atoms with Crippen molar-refractivity contribution in [2.75, 3.05) is 29.5 Å². The highest BCUT2D eigenvalue weighted by Gasteiger charge is 2.47. The van der Waals surface area contributed by atoms with E-state index in [1.165, 1.54) is 0 Å². The normalized spacial score (nSPS) is 23.2. The van der Waals surface area contributed by atoms with E-state index in [0.29, 0.717) is 60.3 Å². The molecule has 6 rings (SSSR count). The number of sulfone groups is 1. The first-order valence-corrected chi connectivity index (χ1v) is 15.9. The van der Waals surface area contributed by atoms with E-state index in [2.05, 4.69) is 21.3 Å². The molecule has 0 radical (unpaired) electrons. The number of benzene rings is 1. The van der Waals surface area contributed by atoms with Crippen LogP contribution in [0.15, 0.2) is 47.1 Å². The second-order valence-corrected chi connectivity index (χ2v) is 13.7. The molecule has 1 aromatic carbocycles. The number of pyridine rings is 1. The predicted molar refractivity (Wildman–Crippen MR) is 151 cm³/mol. The highest BCUT2D eigenvalue weighted by atomic mass is 35.5. The van der Waals surface area contributed by atoms with Crippen molar-refractivity contribution in [1.82, 2.24) is 15.3 Å². The smallest absolute Gasteiger partial charge is 0.228 e. The molecular weight excluding hydrogens is 550 g/mol. The van der Waals surface area contributed by atoms with Crippen LogP contribution in [0, 0.1) is 17.2 Å². The van der Waals surface area contributed by atoms with Crippen LogP contribution in [0.1, 0.15) is 50.2 Å². The summed E-state index contributed by atoms with van der Waals surface area (Å²) in [6.45, 7) is 0.782. The minimum atomic E-state index is -3.05. The van der Waals surface area contributed by atoms with Crippen LogP contribution in [0.4, 0.5) is 5.69 Å². The number of carbonyl (C=O) groups is 1. The van der Waals surface area contributed by atoms with Crippen LogP contribution < -0.4 is 10.2 Å². The van der Waals surface area contributed by atoms with Gasteiger partial charge in [-0.25, -0.2) is 13.4 Å². The quantitative estimate of drug-likeness (QED) is 0.443. The zero-order chi connectivity index (χ0) is 27.9. The van der Waals surface area contributed by atoms with Crippen molar-refractivity contribution in [3.05, 3.63) is 53.5 Å². The van der Waals surface area contributed by atoms with E-state index in [0.717, 1.165) is 30.5 Å². The number of nitriles is 1. The molecule has 1 N–H and O–H groups in total. The summed E-state index contributed by atoms with van der Waals surface area (Å²) in [5.74, 6) is 0.456. The molecule has 9 nitrogen and oxygen atoms in total. The Labute approximate surface area is 238 Å². The molecule has 1 aliphatic heterocycles. The molecule has 0 spiro atoms.